The molecule has 0 amide bonds. The van der Waals surface area contributed by atoms with Gasteiger partial charge < -0.3 is 10.1 Å². The van der Waals surface area contributed by atoms with Crippen molar-refractivity contribution in [2.24, 2.45) is 0 Å². The van der Waals surface area contributed by atoms with Crippen molar-refractivity contribution in [3.8, 4) is 5.75 Å². The van der Waals surface area contributed by atoms with E-state index < -0.39 is 10.8 Å². The van der Waals surface area contributed by atoms with Crippen molar-refractivity contribution in [1.82, 2.24) is 5.32 Å². The van der Waals surface area contributed by atoms with E-state index in [4.69, 9.17) is 4.74 Å². The highest BCUT2D eigenvalue weighted by Gasteiger charge is 2.15. The molecule has 0 radical (unpaired) electrons. The summed E-state index contributed by atoms with van der Waals surface area (Å²) in [6.07, 6.45) is 0. The van der Waals surface area contributed by atoms with E-state index in [1.807, 2.05) is 42.5 Å². The Morgan fingerprint density at radius 2 is 1.76 bits per heavy atom. The zero-order chi connectivity index (χ0) is 15.1. The minimum atomic E-state index is -1.04. The normalized spacial score (nSPS) is 13.6. The van der Waals surface area contributed by atoms with Crippen LogP contribution in [-0.2, 0) is 10.8 Å². The Bertz CT molecular complexity index is 569. The first-order valence-electron chi connectivity index (χ1n) is 7.05. The van der Waals surface area contributed by atoms with Crippen LogP contribution in [0.5, 0.6) is 5.75 Å². The summed E-state index contributed by atoms with van der Waals surface area (Å²) >= 11 is 0. The molecule has 0 aliphatic rings. The maximum Gasteiger partial charge on any atom is 0.118 e. The smallest absolute Gasteiger partial charge is 0.118 e. The number of benzene rings is 2. The fourth-order valence-corrected chi connectivity index (χ4v) is 3.42. The van der Waals surface area contributed by atoms with Crippen LogP contribution in [0.2, 0.25) is 0 Å². The first kappa shape index (κ1) is 15.7. The van der Waals surface area contributed by atoms with Gasteiger partial charge in [0, 0.05) is 16.7 Å². The summed E-state index contributed by atoms with van der Waals surface area (Å²) in [5, 5.41) is 3.40. The zero-order valence-electron chi connectivity index (χ0n) is 12.4. The fraction of sp³-hybridized carbons (Fsp3) is 0.294. The largest absolute Gasteiger partial charge is 0.497 e. The highest BCUT2D eigenvalue weighted by molar-refractivity contribution is 7.85. The molecule has 2 aromatic carbocycles. The summed E-state index contributed by atoms with van der Waals surface area (Å²) in [5.74, 6) is 1.34. The summed E-state index contributed by atoms with van der Waals surface area (Å²) < 4.78 is 17.7. The molecule has 112 valence electrons. The number of nitrogens with one attached hydrogen (secondary N) is 1. The highest BCUT2D eigenvalue weighted by atomic mass is 32.2. The first-order valence-corrected chi connectivity index (χ1v) is 8.37. The fourth-order valence-electron chi connectivity index (χ4n) is 2.18. The van der Waals surface area contributed by atoms with Crippen LogP contribution in [0.15, 0.2) is 59.5 Å². The van der Waals surface area contributed by atoms with E-state index in [1.54, 1.807) is 7.11 Å². The van der Waals surface area contributed by atoms with Gasteiger partial charge in [-0.05, 0) is 36.4 Å². The third-order valence-electron chi connectivity index (χ3n) is 3.29. The van der Waals surface area contributed by atoms with Crippen LogP contribution in [0.25, 0.3) is 0 Å². The molecular weight excluding hydrogens is 282 g/mol. The van der Waals surface area contributed by atoms with Crippen LogP contribution in [0.4, 0.5) is 0 Å². The van der Waals surface area contributed by atoms with Gasteiger partial charge in [0.15, 0.2) is 0 Å². The summed E-state index contributed by atoms with van der Waals surface area (Å²) in [7, 11) is 0.584. The van der Waals surface area contributed by atoms with Crippen LogP contribution >= 0.6 is 0 Å². The van der Waals surface area contributed by atoms with Crippen molar-refractivity contribution in [3.63, 3.8) is 0 Å². The molecule has 0 spiro atoms. The maximum absolute atomic E-state index is 12.5. The minimum absolute atomic E-state index is 0.0964. The van der Waals surface area contributed by atoms with Crippen molar-refractivity contribution in [1.29, 1.82) is 0 Å². The molecule has 0 heterocycles. The van der Waals surface area contributed by atoms with Gasteiger partial charge in [0.25, 0.3) is 0 Å². The minimum Gasteiger partial charge on any atom is -0.497 e. The number of hydrogen-bond acceptors (Lipinski definition) is 3. The SMILES string of the molecule is CCNC(CS(=O)c1ccc(OC)cc1)c1ccccc1. The van der Waals surface area contributed by atoms with Crippen molar-refractivity contribution < 1.29 is 8.95 Å². The lowest BCUT2D eigenvalue weighted by molar-refractivity contribution is 0.414. The van der Waals surface area contributed by atoms with Crippen LogP contribution in [0.3, 0.4) is 0 Å². The van der Waals surface area contributed by atoms with Gasteiger partial charge in [-0.3, -0.25) is 4.21 Å². The second-order valence-electron chi connectivity index (χ2n) is 4.71. The maximum atomic E-state index is 12.5. The van der Waals surface area contributed by atoms with E-state index in [2.05, 4.69) is 24.4 Å². The van der Waals surface area contributed by atoms with Gasteiger partial charge in [-0.2, -0.15) is 0 Å². The number of methoxy groups -OCH3 is 1. The molecule has 0 bridgehead atoms. The van der Waals surface area contributed by atoms with Crippen LogP contribution in [0, 0.1) is 0 Å². The van der Waals surface area contributed by atoms with Gasteiger partial charge in [-0.15, -0.1) is 0 Å². The summed E-state index contributed by atoms with van der Waals surface area (Å²) in [4.78, 5) is 0.828. The Hall–Kier alpha value is -1.65. The number of rotatable bonds is 7. The highest BCUT2D eigenvalue weighted by Crippen LogP contribution is 2.19. The average molecular weight is 303 g/mol. The summed E-state index contributed by atoms with van der Waals surface area (Å²) in [6.45, 7) is 2.91. The predicted molar refractivity (Wildman–Crippen MR) is 87.1 cm³/mol. The number of ether oxygens (including phenoxy) is 1. The number of hydrogen-bond donors (Lipinski definition) is 1. The first-order chi connectivity index (χ1) is 10.2. The Morgan fingerprint density at radius 3 is 2.33 bits per heavy atom. The molecule has 0 saturated carbocycles. The standard InChI is InChI=1S/C17H21NO2S/c1-3-18-17(14-7-5-4-6-8-14)13-21(19)16-11-9-15(20-2)10-12-16/h4-12,17-18H,3,13H2,1-2H3. The molecule has 2 atom stereocenters. The molecule has 1 N–H and O–H groups in total. The molecule has 21 heavy (non-hydrogen) atoms. The molecule has 0 aromatic heterocycles. The van der Waals surface area contributed by atoms with Gasteiger partial charge >= 0.3 is 0 Å². The lowest BCUT2D eigenvalue weighted by atomic mass is 10.1. The Morgan fingerprint density at radius 1 is 1.10 bits per heavy atom. The molecule has 2 rings (SSSR count). The van der Waals surface area contributed by atoms with Gasteiger partial charge in [0.1, 0.15) is 5.75 Å². The topological polar surface area (TPSA) is 38.3 Å². The van der Waals surface area contributed by atoms with Gasteiger partial charge in [-0.25, -0.2) is 0 Å². The lowest BCUT2D eigenvalue weighted by Crippen LogP contribution is -2.26. The zero-order valence-corrected chi connectivity index (χ0v) is 13.2. The molecule has 0 aliphatic heterocycles. The van der Waals surface area contributed by atoms with Crippen LogP contribution in [0.1, 0.15) is 18.5 Å². The van der Waals surface area contributed by atoms with E-state index >= 15 is 0 Å². The van der Waals surface area contributed by atoms with Gasteiger partial charge in [0.05, 0.1) is 17.9 Å². The molecule has 2 unspecified atom stereocenters. The van der Waals surface area contributed by atoms with Gasteiger partial charge in [-0.1, -0.05) is 37.3 Å². The molecule has 2 aromatic rings. The lowest BCUT2D eigenvalue weighted by Gasteiger charge is -2.18. The van der Waals surface area contributed by atoms with E-state index in [1.165, 1.54) is 5.56 Å². The molecule has 0 saturated heterocycles. The van der Waals surface area contributed by atoms with Crippen molar-refractivity contribution in [2.75, 3.05) is 19.4 Å². The molecule has 0 fully saturated rings. The van der Waals surface area contributed by atoms with E-state index in [0.717, 1.165) is 17.2 Å². The Balaban J connectivity index is 2.10. The van der Waals surface area contributed by atoms with E-state index in [9.17, 15) is 4.21 Å². The van der Waals surface area contributed by atoms with E-state index in [-0.39, 0.29) is 6.04 Å². The van der Waals surface area contributed by atoms with Crippen molar-refractivity contribution in [2.45, 2.75) is 17.9 Å². The molecule has 0 aliphatic carbocycles. The van der Waals surface area contributed by atoms with Crippen LogP contribution < -0.4 is 10.1 Å². The Kier molecular flexibility index (Phi) is 5.96. The molecule has 3 nitrogen and oxygen atoms in total. The second-order valence-corrected chi connectivity index (χ2v) is 6.20. The monoisotopic (exact) mass is 303 g/mol. The quantitative estimate of drug-likeness (QED) is 0.854. The average Bonchev–Trinajstić information content (AvgIpc) is 2.55. The van der Waals surface area contributed by atoms with Gasteiger partial charge in [0.2, 0.25) is 0 Å². The van der Waals surface area contributed by atoms with Crippen molar-refractivity contribution in [3.05, 3.63) is 60.2 Å². The third kappa shape index (κ3) is 4.41. The molecular formula is C17H21NO2S. The Labute approximate surface area is 128 Å². The summed E-state index contributed by atoms with van der Waals surface area (Å²) in [6, 6.07) is 17.7. The predicted octanol–water partition coefficient (Wildman–Crippen LogP) is 3.15. The van der Waals surface area contributed by atoms with Crippen LogP contribution in [-0.4, -0.2) is 23.6 Å². The third-order valence-corrected chi connectivity index (χ3v) is 4.73. The van der Waals surface area contributed by atoms with Crippen molar-refractivity contribution >= 4 is 10.8 Å². The molecule has 4 heteroatoms. The summed E-state index contributed by atoms with van der Waals surface area (Å²) in [5.41, 5.74) is 1.17. The van der Waals surface area contributed by atoms with E-state index in [0.29, 0.717) is 5.75 Å². The second kappa shape index (κ2) is 7.96.